The van der Waals surface area contributed by atoms with Crippen molar-refractivity contribution in [3.05, 3.63) is 29.8 Å². The van der Waals surface area contributed by atoms with Crippen molar-refractivity contribution in [1.29, 1.82) is 0 Å². The predicted molar refractivity (Wildman–Crippen MR) is 66.3 cm³/mol. The number of rotatable bonds is 2. The lowest BCUT2D eigenvalue weighted by atomic mass is 9.78. The SMILES string of the molecule is Nc1nsnc1-c1ccccc1C1CCC1. The van der Waals surface area contributed by atoms with Gasteiger partial charge in [-0.1, -0.05) is 30.7 Å². The topological polar surface area (TPSA) is 51.8 Å². The van der Waals surface area contributed by atoms with Crippen LogP contribution in [0.3, 0.4) is 0 Å². The quantitative estimate of drug-likeness (QED) is 0.864. The molecule has 1 saturated carbocycles. The fraction of sp³-hybridized carbons (Fsp3) is 0.333. The van der Waals surface area contributed by atoms with Gasteiger partial charge in [-0.15, -0.1) is 0 Å². The Morgan fingerprint density at radius 3 is 2.62 bits per heavy atom. The number of anilines is 1. The Morgan fingerprint density at radius 1 is 1.19 bits per heavy atom. The zero-order chi connectivity index (χ0) is 11.0. The second-order valence-electron chi connectivity index (χ2n) is 4.21. The Morgan fingerprint density at radius 2 is 2.00 bits per heavy atom. The number of nitrogen functional groups attached to an aromatic ring is 1. The van der Waals surface area contributed by atoms with Gasteiger partial charge in [0.1, 0.15) is 5.69 Å². The monoisotopic (exact) mass is 231 g/mol. The first kappa shape index (κ1) is 9.78. The molecule has 0 aliphatic heterocycles. The summed E-state index contributed by atoms with van der Waals surface area (Å²) in [6, 6.07) is 8.42. The van der Waals surface area contributed by atoms with Gasteiger partial charge in [0.2, 0.25) is 0 Å². The summed E-state index contributed by atoms with van der Waals surface area (Å²) in [6.45, 7) is 0. The van der Waals surface area contributed by atoms with Gasteiger partial charge in [0.05, 0.1) is 11.7 Å². The Kier molecular flexibility index (Phi) is 2.36. The fourth-order valence-electron chi connectivity index (χ4n) is 2.17. The lowest BCUT2D eigenvalue weighted by molar-refractivity contribution is 0.420. The van der Waals surface area contributed by atoms with Crippen LogP contribution in [0.1, 0.15) is 30.7 Å². The Balaban J connectivity index is 2.09. The molecule has 4 heteroatoms. The summed E-state index contributed by atoms with van der Waals surface area (Å²) in [7, 11) is 0. The first-order valence-corrected chi connectivity index (χ1v) is 6.26. The molecule has 3 rings (SSSR count). The molecule has 3 nitrogen and oxygen atoms in total. The van der Waals surface area contributed by atoms with Crippen LogP contribution in [0.2, 0.25) is 0 Å². The first-order valence-electron chi connectivity index (χ1n) is 5.53. The molecular weight excluding hydrogens is 218 g/mol. The average Bonchev–Trinajstić information content (AvgIpc) is 2.63. The van der Waals surface area contributed by atoms with Crippen molar-refractivity contribution in [2.24, 2.45) is 0 Å². The molecule has 1 aromatic heterocycles. The van der Waals surface area contributed by atoms with Crippen molar-refractivity contribution < 1.29 is 0 Å². The number of nitrogens with two attached hydrogens (primary N) is 1. The van der Waals surface area contributed by atoms with Crippen LogP contribution in [-0.4, -0.2) is 8.75 Å². The summed E-state index contributed by atoms with van der Waals surface area (Å²) in [4.78, 5) is 0. The van der Waals surface area contributed by atoms with Crippen LogP contribution in [0, 0.1) is 0 Å². The van der Waals surface area contributed by atoms with Gasteiger partial charge in [-0.3, -0.25) is 0 Å². The zero-order valence-corrected chi connectivity index (χ0v) is 9.70. The highest BCUT2D eigenvalue weighted by Crippen LogP contribution is 2.41. The normalized spacial score (nSPS) is 16.0. The van der Waals surface area contributed by atoms with Crippen LogP contribution in [0.15, 0.2) is 24.3 Å². The molecule has 1 fully saturated rings. The molecule has 0 saturated heterocycles. The molecule has 0 radical (unpaired) electrons. The molecule has 0 atom stereocenters. The van der Waals surface area contributed by atoms with Gasteiger partial charge in [0.15, 0.2) is 5.82 Å². The molecule has 0 amide bonds. The summed E-state index contributed by atoms with van der Waals surface area (Å²) in [5.41, 5.74) is 9.24. The lowest BCUT2D eigenvalue weighted by Gasteiger charge is -2.27. The molecule has 2 N–H and O–H groups in total. The molecule has 0 unspecified atom stereocenters. The van der Waals surface area contributed by atoms with Crippen molar-refractivity contribution >= 4 is 17.5 Å². The van der Waals surface area contributed by atoms with Gasteiger partial charge < -0.3 is 5.73 Å². The number of aromatic nitrogens is 2. The van der Waals surface area contributed by atoms with E-state index in [1.807, 2.05) is 6.07 Å². The van der Waals surface area contributed by atoms with E-state index in [2.05, 4.69) is 26.9 Å². The summed E-state index contributed by atoms with van der Waals surface area (Å²) < 4.78 is 8.34. The number of nitrogens with zero attached hydrogens (tertiary/aromatic N) is 2. The van der Waals surface area contributed by atoms with Gasteiger partial charge >= 0.3 is 0 Å². The summed E-state index contributed by atoms with van der Waals surface area (Å²) in [6.07, 6.45) is 3.91. The van der Waals surface area contributed by atoms with E-state index in [-0.39, 0.29) is 0 Å². The first-order chi connectivity index (χ1) is 7.86. The van der Waals surface area contributed by atoms with E-state index in [9.17, 15) is 0 Å². The highest BCUT2D eigenvalue weighted by Gasteiger charge is 2.23. The van der Waals surface area contributed by atoms with Gasteiger partial charge in [-0.05, 0) is 24.3 Å². The Hall–Kier alpha value is -1.42. The molecule has 1 aromatic carbocycles. The lowest BCUT2D eigenvalue weighted by Crippen LogP contribution is -2.10. The molecular formula is C12H13N3S. The molecule has 16 heavy (non-hydrogen) atoms. The molecule has 1 aliphatic carbocycles. The standard InChI is InChI=1S/C12H13N3S/c13-12-11(14-16-15-12)10-7-2-1-6-9(10)8-4-3-5-8/h1-2,6-8H,3-5H2,(H2,13,15). The number of hydrogen-bond donors (Lipinski definition) is 1. The summed E-state index contributed by atoms with van der Waals surface area (Å²) >= 11 is 1.18. The van der Waals surface area contributed by atoms with Crippen LogP contribution >= 0.6 is 11.7 Å². The van der Waals surface area contributed by atoms with Crippen LogP contribution in [0.4, 0.5) is 5.82 Å². The van der Waals surface area contributed by atoms with Gasteiger partial charge in [0.25, 0.3) is 0 Å². The van der Waals surface area contributed by atoms with Crippen molar-refractivity contribution in [2.75, 3.05) is 5.73 Å². The van der Waals surface area contributed by atoms with Gasteiger partial charge in [-0.2, -0.15) is 8.75 Å². The van der Waals surface area contributed by atoms with Gasteiger partial charge in [-0.25, -0.2) is 0 Å². The van der Waals surface area contributed by atoms with Crippen LogP contribution in [-0.2, 0) is 0 Å². The van der Waals surface area contributed by atoms with E-state index >= 15 is 0 Å². The minimum Gasteiger partial charge on any atom is -0.381 e. The van der Waals surface area contributed by atoms with E-state index in [0.29, 0.717) is 11.7 Å². The minimum absolute atomic E-state index is 0.553. The van der Waals surface area contributed by atoms with E-state index in [4.69, 9.17) is 5.73 Å². The number of hydrogen-bond acceptors (Lipinski definition) is 4. The van der Waals surface area contributed by atoms with E-state index in [1.54, 1.807) is 0 Å². The maximum atomic E-state index is 5.84. The van der Waals surface area contributed by atoms with Crippen molar-refractivity contribution in [3.63, 3.8) is 0 Å². The maximum absolute atomic E-state index is 5.84. The zero-order valence-electron chi connectivity index (χ0n) is 8.89. The minimum atomic E-state index is 0.553. The fourth-order valence-corrected chi connectivity index (χ4v) is 2.66. The maximum Gasteiger partial charge on any atom is 0.165 e. The number of benzene rings is 1. The van der Waals surface area contributed by atoms with E-state index < -0.39 is 0 Å². The van der Waals surface area contributed by atoms with Crippen molar-refractivity contribution in [3.8, 4) is 11.3 Å². The highest BCUT2D eigenvalue weighted by molar-refractivity contribution is 6.99. The molecule has 1 heterocycles. The molecule has 82 valence electrons. The Bertz CT molecular complexity index is 502. The van der Waals surface area contributed by atoms with E-state index in [0.717, 1.165) is 5.69 Å². The molecule has 0 bridgehead atoms. The third kappa shape index (κ3) is 1.50. The van der Waals surface area contributed by atoms with Crippen LogP contribution in [0.25, 0.3) is 11.3 Å². The third-order valence-electron chi connectivity index (χ3n) is 3.27. The smallest absolute Gasteiger partial charge is 0.165 e. The van der Waals surface area contributed by atoms with Crippen molar-refractivity contribution in [1.82, 2.24) is 8.75 Å². The second kappa shape index (κ2) is 3.87. The van der Waals surface area contributed by atoms with Crippen LogP contribution in [0.5, 0.6) is 0 Å². The van der Waals surface area contributed by atoms with Gasteiger partial charge in [0, 0.05) is 5.56 Å². The predicted octanol–water partition coefficient (Wildman–Crippen LogP) is 3.05. The molecule has 2 aromatic rings. The summed E-state index contributed by atoms with van der Waals surface area (Å²) in [5, 5.41) is 0. The molecule has 1 aliphatic rings. The van der Waals surface area contributed by atoms with E-state index in [1.165, 1.54) is 42.1 Å². The largest absolute Gasteiger partial charge is 0.381 e. The highest BCUT2D eigenvalue weighted by atomic mass is 32.1. The summed E-state index contributed by atoms with van der Waals surface area (Å²) in [5.74, 6) is 1.24. The average molecular weight is 231 g/mol. The van der Waals surface area contributed by atoms with Crippen LogP contribution < -0.4 is 5.73 Å². The molecule has 0 spiro atoms. The third-order valence-corrected chi connectivity index (χ3v) is 3.82. The van der Waals surface area contributed by atoms with Crippen molar-refractivity contribution in [2.45, 2.75) is 25.2 Å². The Labute approximate surface area is 98.6 Å². The second-order valence-corrected chi connectivity index (χ2v) is 4.74.